The predicted molar refractivity (Wildman–Crippen MR) is 34.5 cm³/mol. The quantitative estimate of drug-likeness (QED) is 0.422. The first-order valence-electron chi connectivity index (χ1n) is 3.09. The van der Waals surface area contributed by atoms with Gasteiger partial charge in [-0.1, -0.05) is 0 Å². The summed E-state index contributed by atoms with van der Waals surface area (Å²) in [4.78, 5) is 0. The van der Waals surface area contributed by atoms with E-state index >= 15 is 0 Å². The predicted octanol–water partition coefficient (Wildman–Crippen LogP) is 1.96. The first kappa shape index (κ1) is 9.63. The molecule has 0 aliphatic rings. The van der Waals surface area contributed by atoms with E-state index in [0.717, 1.165) is 7.11 Å². The number of ether oxygens (including phenoxy) is 1. The number of phenols is 1. The molecule has 13 heavy (non-hydrogen) atoms. The van der Waals surface area contributed by atoms with Gasteiger partial charge in [-0.25, -0.2) is 8.78 Å². The van der Waals surface area contributed by atoms with Crippen LogP contribution in [0.25, 0.3) is 0 Å². The second-order valence-electron chi connectivity index (χ2n) is 2.14. The number of rotatable bonds is 1. The standard InChI is InChI=1S/C7H4F4O2/c1-13-7-5(11)3(9)2(8)4(10)6(7)12/h12H,1H3. The third-order valence-electron chi connectivity index (χ3n) is 1.40. The molecule has 0 radical (unpaired) electrons. The van der Waals surface area contributed by atoms with Gasteiger partial charge in [0.15, 0.2) is 0 Å². The highest BCUT2D eigenvalue weighted by atomic mass is 19.2. The third kappa shape index (κ3) is 1.28. The third-order valence-corrected chi connectivity index (χ3v) is 1.40. The van der Waals surface area contributed by atoms with Crippen molar-refractivity contribution in [3.8, 4) is 11.5 Å². The largest absolute Gasteiger partial charge is 0.502 e. The zero-order valence-corrected chi connectivity index (χ0v) is 6.37. The van der Waals surface area contributed by atoms with Gasteiger partial charge in [-0.2, -0.15) is 8.78 Å². The Morgan fingerprint density at radius 3 is 1.85 bits per heavy atom. The molecule has 1 rings (SSSR count). The normalized spacial score (nSPS) is 10.2. The molecule has 0 aromatic heterocycles. The highest BCUT2D eigenvalue weighted by Crippen LogP contribution is 2.35. The topological polar surface area (TPSA) is 29.5 Å². The average molecular weight is 196 g/mol. The summed E-state index contributed by atoms with van der Waals surface area (Å²) in [5.74, 6) is -10.2. The van der Waals surface area contributed by atoms with Gasteiger partial charge in [0.05, 0.1) is 7.11 Å². The van der Waals surface area contributed by atoms with Gasteiger partial charge in [-0.3, -0.25) is 0 Å². The van der Waals surface area contributed by atoms with E-state index in [-0.39, 0.29) is 0 Å². The van der Waals surface area contributed by atoms with Crippen molar-refractivity contribution in [1.29, 1.82) is 0 Å². The molecular formula is C7H4F4O2. The minimum absolute atomic E-state index is 0.884. The SMILES string of the molecule is COc1c(O)c(F)c(F)c(F)c1F. The Balaban J connectivity index is 3.56. The van der Waals surface area contributed by atoms with Gasteiger partial charge in [-0.15, -0.1) is 0 Å². The van der Waals surface area contributed by atoms with Crippen LogP contribution in [-0.2, 0) is 0 Å². The fourth-order valence-electron chi connectivity index (χ4n) is 0.786. The molecule has 0 fully saturated rings. The average Bonchev–Trinajstić information content (AvgIpc) is 2.13. The van der Waals surface area contributed by atoms with E-state index in [0.29, 0.717) is 0 Å². The number of aromatic hydroxyl groups is 1. The number of methoxy groups -OCH3 is 1. The van der Waals surface area contributed by atoms with Gasteiger partial charge in [0.25, 0.3) is 0 Å². The summed E-state index contributed by atoms with van der Waals surface area (Å²) in [6.45, 7) is 0. The minimum Gasteiger partial charge on any atom is -0.502 e. The number of hydrogen-bond acceptors (Lipinski definition) is 2. The molecule has 0 unspecified atom stereocenters. The van der Waals surface area contributed by atoms with Crippen molar-refractivity contribution >= 4 is 0 Å². The number of hydrogen-bond donors (Lipinski definition) is 1. The van der Waals surface area contributed by atoms with Gasteiger partial charge in [0, 0.05) is 0 Å². The number of phenolic OH excluding ortho intramolecular Hbond substituents is 1. The fraction of sp³-hybridized carbons (Fsp3) is 0.143. The van der Waals surface area contributed by atoms with Crippen molar-refractivity contribution in [2.24, 2.45) is 0 Å². The highest BCUT2D eigenvalue weighted by Gasteiger charge is 2.25. The second kappa shape index (κ2) is 3.12. The maximum absolute atomic E-state index is 12.6. The van der Waals surface area contributed by atoms with Gasteiger partial charge >= 0.3 is 0 Å². The maximum atomic E-state index is 12.6. The molecule has 1 aromatic rings. The summed E-state index contributed by atoms with van der Waals surface area (Å²) in [5, 5.41) is 8.74. The summed E-state index contributed by atoms with van der Waals surface area (Å²) in [5.41, 5.74) is 0. The van der Waals surface area contributed by atoms with Crippen LogP contribution in [0.2, 0.25) is 0 Å². The van der Waals surface area contributed by atoms with Crippen LogP contribution in [0.1, 0.15) is 0 Å². The molecule has 0 heterocycles. The fourth-order valence-corrected chi connectivity index (χ4v) is 0.786. The first-order chi connectivity index (χ1) is 6.00. The van der Waals surface area contributed by atoms with Gasteiger partial charge < -0.3 is 9.84 Å². The van der Waals surface area contributed by atoms with Gasteiger partial charge in [-0.05, 0) is 0 Å². The van der Waals surface area contributed by atoms with E-state index in [1.165, 1.54) is 0 Å². The smallest absolute Gasteiger partial charge is 0.207 e. The van der Waals surface area contributed by atoms with Crippen LogP contribution in [-0.4, -0.2) is 12.2 Å². The Labute approximate surface area is 70.4 Å². The summed E-state index contributed by atoms with van der Waals surface area (Å²) in [7, 11) is 0.884. The van der Waals surface area contributed by atoms with Crippen LogP contribution < -0.4 is 4.74 Å². The molecule has 72 valence electrons. The van der Waals surface area contributed by atoms with Crippen molar-refractivity contribution in [2.45, 2.75) is 0 Å². The van der Waals surface area contributed by atoms with E-state index in [1.54, 1.807) is 0 Å². The molecular weight excluding hydrogens is 192 g/mol. The molecule has 0 aliphatic carbocycles. The zero-order chi connectivity index (χ0) is 10.2. The van der Waals surface area contributed by atoms with Crippen molar-refractivity contribution in [2.75, 3.05) is 7.11 Å². The molecule has 2 nitrogen and oxygen atoms in total. The summed E-state index contributed by atoms with van der Waals surface area (Å²) in [6.07, 6.45) is 0. The van der Waals surface area contributed by atoms with Crippen molar-refractivity contribution in [3.63, 3.8) is 0 Å². The highest BCUT2D eigenvalue weighted by molar-refractivity contribution is 5.42. The molecule has 0 saturated carbocycles. The molecule has 1 aromatic carbocycles. The molecule has 0 saturated heterocycles. The monoisotopic (exact) mass is 196 g/mol. The van der Waals surface area contributed by atoms with Gasteiger partial charge in [0.1, 0.15) is 0 Å². The van der Waals surface area contributed by atoms with Crippen LogP contribution in [0.4, 0.5) is 17.6 Å². The van der Waals surface area contributed by atoms with E-state index in [9.17, 15) is 17.6 Å². The lowest BCUT2D eigenvalue weighted by Gasteiger charge is -2.06. The van der Waals surface area contributed by atoms with Crippen molar-refractivity contribution in [3.05, 3.63) is 23.3 Å². The molecule has 0 aliphatic heterocycles. The molecule has 6 heteroatoms. The Bertz CT molecular complexity index is 322. The molecule has 0 bridgehead atoms. The minimum atomic E-state index is -2.07. The lowest BCUT2D eigenvalue weighted by atomic mass is 10.2. The van der Waals surface area contributed by atoms with E-state index in [4.69, 9.17) is 5.11 Å². The van der Waals surface area contributed by atoms with Crippen LogP contribution >= 0.6 is 0 Å². The second-order valence-corrected chi connectivity index (χ2v) is 2.14. The zero-order valence-electron chi connectivity index (χ0n) is 6.37. The Kier molecular flexibility index (Phi) is 2.31. The van der Waals surface area contributed by atoms with Crippen LogP contribution in [0.3, 0.4) is 0 Å². The maximum Gasteiger partial charge on any atom is 0.207 e. The van der Waals surface area contributed by atoms with Crippen molar-refractivity contribution in [1.82, 2.24) is 0 Å². The molecule has 0 amide bonds. The Morgan fingerprint density at radius 1 is 0.923 bits per heavy atom. The van der Waals surface area contributed by atoms with E-state index in [2.05, 4.69) is 4.74 Å². The van der Waals surface area contributed by atoms with Crippen LogP contribution in [0.5, 0.6) is 11.5 Å². The Hall–Kier alpha value is -1.46. The van der Waals surface area contributed by atoms with Crippen LogP contribution in [0, 0.1) is 23.3 Å². The first-order valence-corrected chi connectivity index (χ1v) is 3.09. The van der Waals surface area contributed by atoms with E-state index < -0.39 is 34.8 Å². The molecule has 0 atom stereocenters. The Morgan fingerprint density at radius 2 is 1.38 bits per heavy atom. The summed E-state index contributed by atoms with van der Waals surface area (Å²) < 4.78 is 54.1. The number of benzene rings is 1. The van der Waals surface area contributed by atoms with Crippen molar-refractivity contribution < 1.29 is 27.4 Å². The van der Waals surface area contributed by atoms with Gasteiger partial charge in [0.2, 0.25) is 34.8 Å². The van der Waals surface area contributed by atoms with E-state index in [1.807, 2.05) is 0 Å². The number of halogens is 4. The lowest BCUT2D eigenvalue weighted by Crippen LogP contribution is -2.00. The lowest BCUT2D eigenvalue weighted by molar-refractivity contribution is 0.305. The van der Waals surface area contributed by atoms with Crippen LogP contribution in [0.15, 0.2) is 0 Å². The summed E-state index contributed by atoms with van der Waals surface area (Å²) >= 11 is 0. The molecule has 1 N–H and O–H groups in total. The molecule has 0 spiro atoms. The summed E-state index contributed by atoms with van der Waals surface area (Å²) in [6, 6.07) is 0.